The first-order valence-corrected chi connectivity index (χ1v) is 7.34. The minimum atomic E-state index is -0.0534. The van der Waals surface area contributed by atoms with Crippen LogP contribution in [-0.2, 0) is 16.6 Å². The number of hydrogen-bond acceptors (Lipinski definition) is 1. The van der Waals surface area contributed by atoms with Gasteiger partial charge in [-0.05, 0) is 29.9 Å². The summed E-state index contributed by atoms with van der Waals surface area (Å²) < 4.78 is 0. The molecule has 1 fully saturated rings. The third-order valence-corrected chi connectivity index (χ3v) is 4.30. The second kappa shape index (κ2) is 5.36. The molecule has 1 N–H and O–H groups in total. The third-order valence-electron chi connectivity index (χ3n) is 4.30. The third kappa shape index (κ3) is 2.83. The maximum Gasteiger partial charge on any atom is 0.221 e. The zero-order valence-electron chi connectivity index (χ0n) is 12.5. The molecule has 19 heavy (non-hydrogen) atoms. The minimum Gasteiger partial charge on any atom is -0.352 e. The van der Waals surface area contributed by atoms with Gasteiger partial charge in [-0.25, -0.2) is 0 Å². The molecule has 0 spiro atoms. The van der Waals surface area contributed by atoms with Crippen LogP contribution in [0.25, 0.3) is 0 Å². The molecule has 2 unspecified atom stereocenters. The van der Waals surface area contributed by atoms with Gasteiger partial charge in [0, 0.05) is 17.9 Å². The lowest BCUT2D eigenvalue weighted by atomic mass is 9.75. The minimum absolute atomic E-state index is 0.0534. The highest BCUT2D eigenvalue weighted by Gasteiger charge is 2.43. The van der Waals surface area contributed by atoms with Crippen molar-refractivity contribution < 1.29 is 4.79 Å². The Hall–Kier alpha value is -1.31. The summed E-state index contributed by atoms with van der Waals surface area (Å²) in [7, 11) is 0. The van der Waals surface area contributed by atoms with Crippen molar-refractivity contribution in [2.24, 2.45) is 5.92 Å². The number of carbonyl (C=O) groups excluding carboxylic acids is 1. The zero-order valence-corrected chi connectivity index (χ0v) is 12.5. The molecule has 1 aromatic carbocycles. The summed E-state index contributed by atoms with van der Waals surface area (Å²) in [6, 6.07) is 9.11. The Bertz CT molecular complexity index is 449. The molecule has 1 aliphatic heterocycles. The number of rotatable bonds is 4. The van der Waals surface area contributed by atoms with Gasteiger partial charge in [0.15, 0.2) is 0 Å². The van der Waals surface area contributed by atoms with Crippen LogP contribution in [0, 0.1) is 5.92 Å². The monoisotopic (exact) mass is 259 g/mol. The summed E-state index contributed by atoms with van der Waals surface area (Å²) in [6.45, 7) is 8.82. The van der Waals surface area contributed by atoms with Crippen LogP contribution in [0.2, 0.25) is 0 Å². The van der Waals surface area contributed by atoms with E-state index in [1.165, 1.54) is 11.1 Å². The maximum atomic E-state index is 11.7. The number of nitrogens with one attached hydrogen (secondary N) is 1. The normalized spacial score (nSPS) is 26.8. The summed E-state index contributed by atoms with van der Waals surface area (Å²) in [5, 5.41) is 3.10. The van der Waals surface area contributed by atoms with E-state index in [-0.39, 0.29) is 17.4 Å². The predicted molar refractivity (Wildman–Crippen MR) is 79.2 cm³/mol. The van der Waals surface area contributed by atoms with Crippen LogP contribution in [0.4, 0.5) is 0 Å². The Balaban J connectivity index is 2.23. The molecule has 0 aliphatic carbocycles. The van der Waals surface area contributed by atoms with E-state index < -0.39 is 0 Å². The number of hydrogen-bond donors (Lipinski definition) is 1. The van der Waals surface area contributed by atoms with Gasteiger partial charge < -0.3 is 5.32 Å². The maximum absolute atomic E-state index is 11.7. The molecule has 1 aliphatic rings. The van der Waals surface area contributed by atoms with Gasteiger partial charge in [0.1, 0.15) is 0 Å². The second-order valence-corrected chi connectivity index (χ2v) is 6.42. The molecule has 1 aromatic rings. The molecule has 2 rings (SSSR count). The summed E-state index contributed by atoms with van der Waals surface area (Å²) in [4.78, 5) is 11.7. The molecule has 2 heteroatoms. The lowest BCUT2D eigenvalue weighted by Crippen LogP contribution is -2.37. The average Bonchev–Trinajstić information content (AvgIpc) is 2.65. The Morgan fingerprint density at radius 1 is 1.32 bits per heavy atom. The van der Waals surface area contributed by atoms with E-state index in [4.69, 9.17) is 0 Å². The van der Waals surface area contributed by atoms with Crippen LogP contribution < -0.4 is 5.32 Å². The second-order valence-electron chi connectivity index (χ2n) is 6.42. The van der Waals surface area contributed by atoms with Crippen LogP contribution >= 0.6 is 0 Å². The predicted octanol–water partition coefficient (Wildman–Crippen LogP) is 3.44. The molecular formula is C17H25NO. The highest BCUT2D eigenvalue weighted by atomic mass is 16.2. The summed E-state index contributed by atoms with van der Waals surface area (Å²) >= 11 is 0. The van der Waals surface area contributed by atoms with Crippen molar-refractivity contribution in [2.45, 2.75) is 58.4 Å². The van der Waals surface area contributed by atoms with E-state index in [0.29, 0.717) is 12.3 Å². The van der Waals surface area contributed by atoms with Crippen LogP contribution in [0.5, 0.6) is 0 Å². The van der Waals surface area contributed by atoms with Gasteiger partial charge in [-0.3, -0.25) is 4.79 Å². The van der Waals surface area contributed by atoms with E-state index in [0.717, 1.165) is 12.8 Å². The highest BCUT2D eigenvalue weighted by molar-refractivity contribution is 5.81. The van der Waals surface area contributed by atoms with Crippen molar-refractivity contribution in [1.29, 1.82) is 0 Å². The number of amides is 1. The van der Waals surface area contributed by atoms with Crippen molar-refractivity contribution in [3.8, 4) is 0 Å². The highest BCUT2D eigenvalue weighted by Crippen LogP contribution is 2.37. The SMILES string of the molecule is CCC1NC(=O)CC1(C)c1ccc(CC(C)C)cc1. The Kier molecular flexibility index (Phi) is 3.98. The zero-order chi connectivity index (χ0) is 14.0. The Morgan fingerprint density at radius 3 is 2.47 bits per heavy atom. The molecule has 1 saturated heterocycles. The topological polar surface area (TPSA) is 29.1 Å². The first kappa shape index (κ1) is 14.1. The fraction of sp³-hybridized carbons (Fsp3) is 0.588. The van der Waals surface area contributed by atoms with Crippen molar-refractivity contribution in [1.82, 2.24) is 5.32 Å². The molecule has 0 bridgehead atoms. The van der Waals surface area contributed by atoms with Gasteiger partial charge in [0.05, 0.1) is 0 Å². The van der Waals surface area contributed by atoms with Gasteiger partial charge in [-0.15, -0.1) is 0 Å². The fourth-order valence-corrected chi connectivity index (χ4v) is 3.21. The van der Waals surface area contributed by atoms with Gasteiger partial charge >= 0.3 is 0 Å². The van der Waals surface area contributed by atoms with E-state index in [2.05, 4.69) is 57.3 Å². The molecule has 1 amide bonds. The summed E-state index contributed by atoms with van der Waals surface area (Å²) in [5.41, 5.74) is 2.61. The fourth-order valence-electron chi connectivity index (χ4n) is 3.21. The van der Waals surface area contributed by atoms with Crippen LogP contribution in [0.1, 0.15) is 51.7 Å². The van der Waals surface area contributed by atoms with Gasteiger partial charge in [0.25, 0.3) is 0 Å². The molecule has 2 atom stereocenters. The summed E-state index contributed by atoms with van der Waals surface area (Å²) in [5.74, 6) is 0.861. The largest absolute Gasteiger partial charge is 0.352 e. The molecule has 0 saturated carbocycles. The van der Waals surface area contributed by atoms with Crippen LogP contribution in [0.3, 0.4) is 0 Å². The first-order valence-electron chi connectivity index (χ1n) is 7.34. The lowest BCUT2D eigenvalue weighted by Gasteiger charge is -2.30. The van der Waals surface area contributed by atoms with Gasteiger partial charge in [0.2, 0.25) is 5.91 Å². The van der Waals surface area contributed by atoms with Crippen molar-refractivity contribution in [2.75, 3.05) is 0 Å². The number of carbonyl (C=O) groups is 1. The molecule has 0 radical (unpaired) electrons. The number of benzene rings is 1. The van der Waals surface area contributed by atoms with Crippen molar-refractivity contribution in [3.05, 3.63) is 35.4 Å². The van der Waals surface area contributed by atoms with Crippen LogP contribution in [-0.4, -0.2) is 11.9 Å². The molecule has 0 aromatic heterocycles. The summed E-state index contributed by atoms with van der Waals surface area (Å²) in [6.07, 6.45) is 2.70. The van der Waals surface area contributed by atoms with Crippen molar-refractivity contribution in [3.63, 3.8) is 0 Å². The molecule has 104 valence electrons. The van der Waals surface area contributed by atoms with E-state index >= 15 is 0 Å². The quantitative estimate of drug-likeness (QED) is 0.881. The van der Waals surface area contributed by atoms with E-state index in [9.17, 15) is 4.79 Å². The molecule has 1 heterocycles. The molecular weight excluding hydrogens is 234 g/mol. The smallest absolute Gasteiger partial charge is 0.221 e. The molecule has 2 nitrogen and oxygen atoms in total. The lowest BCUT2D eigenvalue weighted by molar-refractivity contribution is -0.119. The Morgan fingerprint density at radius 2 is 1.95 bits per heavy atom. The standard InChI is InChI=1S/C17H25NO/c1-5-15-17(4,11-16(19)18-15)14-8-6-13(7-9-14)10-12(2)3/h6-9,12,15H,5,10-11H2,1-4H3,(H,18,19). The van der Waals surface area contributed by atoms with Crippen molar-refractivity contribution >= 4 is 5.91 Å². The first-order chi connectivity index (χ1) is 8.95. The van der Waals surface area contributed by atoms with E-state index in [1.54, 1.807) is 0 Å². The van der Waals surface area contributed by atoms with Gasteiger partial charge in [-0.2, -0.15) is 0 Å². The average molecular weight is 259 g/mol. The van der Waals surface area contributed by atoms with Crippen LogP contribution in [0.15, 0.2) is 24.3 Å². The Labute approximate surface area is 116 Å². The van der Waals surface area contributed by atoms with E-state index in [1.807, 2.05) is 0 Å². The van der Waals surface area contributed by atoms with Gasteiger partial charge in [-0.1, -0.05) is 52.0 Å².